The van der Waals surface area contributed by atoms with Crippen molar-refractivity contribution in [3.8, 4) is 5.69 Å². The summed E-state index contributed by atoms with van der Waals surface area (Å²) in [6, 6.07) is 15.0. The molecule has 3 aromatic rings. The number of carbonyl (C=O) groups is 1. The van der Waals surface area contributed by atoms with Gasteiger partial charge in [0.05, 0.1) is 21.8 Å². The zero-order valence-electron chi connectivity index (χ0n) is 15.3. The second kappa shape index (κ2) is 7.33. The average molecular weight is 367 g/mol. The molecule has 0 aliphatic carbocycles. The predicted molar refractivity (Wildman–Crippen MR) is 106 cm³/mol. The zero-order valence-corrected chi connectivity index (χ0v) is 16.1. The minimum absolute atomic E-state index is 0.0205. The molecule has 0 aliphatic heterocycles. The number of carbonyl (C=O) groups excluding carboxylic acids is 1. The fourth-order valence-corrected chi connectivity index (χ4v) is 3.76. The fourth-order valence-electron chi connectivity index (χ4n) is 2.69. The van der Waals surface area contributed by atoms with E-state index in [0.717, 1.165) is 11.3 Å². The van der Waals surface area contributed by atoms with Crippen molar-refractivity contribution in [2.24, 2.45) is 0 Å². The van der Waals surface area contributed by atoms with Crippen molar-refractivity contribution in [2.75, 3.05) is 14.1 Å². The minimum Gasteiger partial charge on any atom is -0.348 e. The van der Waals surface area contributed by atoms with Gasteiger partial charge < -0.3 is 4.90 Å². The van der Waals surface area contributed by atoms with E-state index >= 15 is 0 Å². The van der Waals surface area contributed by atoms with Crippen LogP contribution < -0.4 is 5.56 Å². The summed E-state index contributed by atoms with van der Waals surface area (Å²) in [6.45, 7) is 3.83. The van der Waals surface area contributed by atoms with Crippen LogP contribution in [-0.2, 0) is 4.79 Å². The van der Waals surface area contributed by atoms with E-state index in [1.165, 1.54) is 11.8 Å². The first-order chi connectivity index (χ1) is 12.4. The molecule has 2 aromatic carbocycles. The first kappa shape index (κ1) is 18.2. The van der Waals surface area contributed by atoms with E-state index in [0.29, 0.717) is 16.1 Å². The number of aromatic nitrogens is 2. The first-order valence-corrected chi connectivity index (χ1v) is 9.23. The summed E-state index contributed by atoms with van der Waals surface area (Å²) in [5, 5.41) is 0.721. The molecule has 0 saturated carbocycles. The lowest BCUT2D eigenvalue weighted by atomic mass is 10.2. The molecule has 1 atom stereocenters. The van der Waals surface area contributed by atoms with E-state index in [9.17, 15) is 9.59 Å². The van der Waals surface area contributed by atoms with Crippen molar-refractivity contribution < 1.29 is 4.79 Å². The lowest BCUT2D eigenvalue weighted by molar-refractivity contribution is -0.127. The summed E-state index contributed by atoms with van der Waals surface area (Å²) in [5.74, 6) is -0.0205. The number of aryl methyl sites for hydroxylation is 1. The Morgan fingerprint density at radius 1 is 1.12 bits per heavy atom. The van der Waals surface area contributed by atoms with Gasteiger partial charge in [0.2, 0.25) is 5.91 Å². The number of para-hydroxylation sites is 1. The third-order valence-corrected chi connectivity index (χ3v) is 5.15. The molecule has 1 heterocycles. The van der Waals surface area contributed by atoms with E-state index in [1.54, 1.807) is 29.6 Å². The van der Waals surface area contributed by atoms with Crippen LogP contribution >= 0.6 is 11.8 Å². The van der Waals surface area contributed by atoms with E-state index in [1.807, 2.05) is 56.3 Å². The van der Waals surface area contributed by atoms with Gasteiger partial charge in [-0.05, 0) is 38.1 Å². The highest BCUT2D eigenvalue weighted by molar-refractivity contribution is 8.00. The Morgan fingerprint density at radius 2 is 1.77 bits per heavy atom. The maximum atomic E-state index is 13.1. The van der Waals surface area contributed by atoms with Gasteiger partial charge in [-0.25, -0.2) is 4.98 Å². The molecular weight excluding hydrogens is 346 g/mol. The van der Waals surface area contributed by atoms with Crippen LogP contribution in [0.5, 0.6) is 0 Å². The topological polar surface area (TPSA) is 55.2 Å². The van der Waals surface area contributed by atoms with Crippen LogP contribution in [-0.4, -0.2) is 39.7 Å². The van der Waals surface area contributed by atoms with Crippen LogP contribution in [0.25, 0.3) is 16.6 Å². The number of fused-ring (bicyclic) bond motifs is 1. The second-order valence-electron chi connectivity index (χ2n) is 6.38. The van der Waals surface area contributed by atoms with Crippen molar-refractivity contribution in [1.29, 1.82) is 0 Å². The van der Waals surface area contributed by atoms with Crippen molar-refractivity contribution in [2.45, 2.75) is 24.3 Å². The number of hydrogen-bond acceptors (Lipinski definition) is 4. The van der Waals surface area contributed by atoms with E-state index < -0.39 is 0 Å². The van der Waals surface area contributed by atoms with Crippen molar-refractivity contribution in [3.05, 3.63) is 64.4 Å². The van der Waals surface area contributed by atoms with Gasteiger partial charge in [0.1, 0.15) is 0 Å². The number of nitrogens with zero attached hydrogens (tertiary/aromatic N) is 3. The molecule has 0 fully saturated rings. The number of benzene rings is 2. The third kappa shape index (κ3) is 3.51. The van der Waals surface area contributed by atoms with Crippen LogP contribution in [0.2, 0.25) is 0 Å². The van der Waals surface area contributed by atoms with E-state index in [4.69, 9.17) is 0 Å². The molecular formula is C20H21N3O2S. The largest absolute Gasteiger partial charge is 0.348 e. The maximum Gasteiger partial charge on any atom is 0.266 e. The molecule has 0 radical (unpaired) electrons. The molecule has 6 heteroatoms. The Morgan fingerprint density at radius 3 is 2.42 bits per heavy atom. The highest BCUT2D eigenvalue weighted by atomic mass is 32.2. The monoisotopic (exact) mass is 367 g/mol. The lowest BCUT2D eigenvalue weighted by Crippen LogP contribution is -2.31. The summed E-state index contributed by atoms with van der Waals surface area (Å²) in [7, 11) is 3.44. The van der Waals surface area contributed by atoms with Crippen molar-refractivity contribution >= 4 is 28.6 Å². The Kier molecular flexibility index (Phi) is 5.13. The molecule has 0 unspecified atom stereocenters. The first-order valence-electron chi connectivity index (χ1n) is 8.35. The van der Waals surface area contributed by atoms with Gasteiger partial charge in [-0.1, -0.05) is 41.6 Å². The van der Waals surface area contributed by atoms with Crippen molar-refractivity contribution in [1.82, 2.24) is 14.5 Å². The molecule has 134 valence electrons. The van der Waals surface area contributed by atoms with Gasteiger partial charge in [-0.3, -0.25) is 14.2 Å². The Bertz CT molecular complexity index is 1010. The van der Waals surface area contributed by atoms with Gasteiger partial charge >= 0.3 is 0 Å². The summed E-state index contributed by atoms with van der Waals surface area (Å²) >= 11 is 1.30. The van der Waals surface area contributed by atoms with E-state index in [2.05, 4.69) is 4.98 Å². The highest BCUT2D eigenvalue weighted by Gasteiger charge is 2.21. The smallest absolute Gasteiger partial charge is 0.266 e. The highest BCUT2D eigenvalue weighted by Crippen LogP contribution is 2.25. The molecule has 1 aromatic heterocycles. The summed E-state index contributed by atoms with van der Waals surface area (Å²) < 4.78 is 1.59. The van der Waals surface area contributed by atoms with Gasteiger partial charge in [-0.2, -0.15) is 0 Å². The normalized spacial score (nSPS) is 12.2. The fraction of sp³-hybridized carbons (Fsp3) is 0.250. The molecule has 26 heavy (non-hydrogen) atoms. The van der Waals surface area contributed by atoms with Crippen molar-refractivity contribution in [3.63, 3.8) is 0 Å². The molecule has 0 bridgehead atoms. The number of rotatable bonds is 4. The predicted octanol–water partition coefficient (Wildman–Crippen LogP) is 3.26. The molecule has 1 amide bonds. The van der Waals surface area contributed by atoms with Gasteiger partial charge in [0.25, 0.3) is 5.56 Å². The third-order valence-electron chi connectivity index (χ3n) is 4.11. The maximum absolute atomic E-state index is 13.1. The lowest BCUT2D eigenvalue weighted by Gasteiger charge is -2.18. The Hall–Kier alpha value is -2.60. The quantitative estimate of drug-likeness (QED) is 0.525. The van der Waals surface area contributed by atoms with Crippen LogP contribution in [0.15, 0.2) is 58.5 Å². The molecule has 0 N–H and O–H groups in total. The molecule has 3 rings (SSSR count). The molecule has 0 aliphatic rings. The zero-order chi connectivity index (χ0) is 18.8. The Balaban J connectivity index is 2.19. The summed E-state index contributed by atoms with van der Waals surface area (Å²) in [4.78, 5) is 31.6. The summed E-state index contributed by atoms with van der Waals surface area (Å²) in [6.07, 6.45) is 0. The molecule has 0 saturated heterocycles. The van der Waals surface area contributed by atoms with Crippen LogP contribution in [0.3, 0.4) is 0 Å². The number of amides is 1. The Labute approximate surface area is 156 Å². The number of thioether (sulfide) groups is 1. The molecule has 0 spiro atoms. The van der Waals surface area contributed by atoms with Gasteiger partial charge in [0.15, 0.2) is 5.16 Å². The minimum atomic E-state index is -0.352. The van der Waals surface area contributed by atoms with Gasteiger partial charge in [-0.15, -0.1) is 0 Å². The summed E-state index contributed by atoms with van der Waals surface area (Å²) in [5.41, 5.74) is 2.35. The van der Waals surface area contributed by atoms with E-state index in [-0.39, 0.29) is 16.7 Å². The molecule has 5 nitrogen and oxygen atoms in total. The number of hydrogen-bond donors (Lipinski definition) is 0. The standard InChI is InChI=1S/C20H21N3O2S/c1-13-9-11-15(12-10-13)23-19(25)16-7-5-6-8-17(16)21-20(23)26-14(2)18(24)22(3)4/h5-12,14H,1-4H3/t14-/m0/s1. The second-order valence-corrected chi connectivity index (χ2v) is 7.69. The van der Waals surface area contributed by atoms with Crippen LogP contribution in [0.1, 0.15) is 12.5 Å². The SMILES string of the molecule is Cc1ccc(-n2c(S[C@@H](C)C(=O)N(C)C)nc3ccccc3c2=O)cc1. The van der Waals surface area contributed by atoms with Crippen LogP contribution in [0, 0.1) is 6.92 Å². The average Bonchev–Trinajstić information content (AvgIpc) is 2.62. The van der Waals surface area contributed by atoms with Gasteiger partial charge in [0, 0.05) is 14.1 Å². The van der Waals surface area contributed by atoms with Crippen LogP contribution in [0.4, 0.5) is 0 Å².